The zero-order chi connectivity index (χ0) is 19.5. The quantitative estimate of drug-likeness (QED) is 0.629. The first-order valence-electron chi connectivity index (χ1n) is 9.74. The van der Waals surface area contributed by atoms with Gasteiger partial charge in [-0.3, -0.25) is 9.69 Å². The van der Waals surface area contributed by atoms with E-state index in [2.05, 4.69) is 21.6 Å². The van der Waals surface area contributed by atoms with E-state index in [0.29, 0.717) is 5.92 Å². The third kappa shape index (κ3) is 4.91. The summed E-state index contributed by atoms with van der Waals surface area (Å²) in [4.78, 5) is 26.7. The summed E-state index contributed by atoms with van der Waals surface area (Å²) in [5, 5.41) is 17.1. The van der Waals surface area contributed by atoms with E-state index < -0.39 is 5.97 Å². The molecule has 0 atom stereocenters. The zero-order valence-electron chi connectivity index (χ0n) is 15.6. The van der Waals surface area contributed by atoms with Gasteiger partial charge in [0.25, 0.3) is 0 Å². The Kier molecular flexibility index (Phi) is 5.64. The Hall–Kier alpha value is -2.38. The molecule has 3 N–H and O–H groups in total. The molecule has 2 saturated carbocycles. The van der Waals surface area contributed by atoms with Crippen LogP contribution in [0.1, 0.15) is 25.7 Å². The average Bonchev–Trinajstić information content (AvgIpc) is 3.26. The van der Waals surface area contributed by atoms with E-state index in [1.807, 2.05) is 35.7 Å². The topological polar surface area (TPSA) is 81.7 Å². The molecule has 0 spiro atoms. The lowest BCUT2D eigenvalue weighted by Gasteiger charge is -2.42. The number of nitrogens with zero attached hydrogens (tertiary/aromatic N) is 1. The highest BCUT2D eigenvalue weighted by Crippen LogP contribution is 2.34. The number of carbonyl (C=O) groups is 2. The van der Waals surface area contributed by atoms with Gasteiger partial charge in [-0.05, 0) is 60.7 Å². The van der Waals surface area contributed by atoms with E-state index in [1.165, 1.54) is 17.7 Å². The summed E-state index contributed by atoms with van der Waals surface area (Å²) < 4.78 is 0. The number of aliphatic carboxylic acids is 1. The van der Waals surface area contributed by atoms with E-state index in [9.17, 15) is 9.59 Å². The van der Waals surface area contributed by atoms with E-state index in [1.54, 1.807) is 11.3 Å². The third-order valence-electron chi connectivity index (χ3n) is 5.42. The van der Waals surface area contributed by atoms with Crippen molar-refractivity contribution < 1.29 is 14.7 Å². The molecule has 2 aromatic rings. The number of carboxylic acids is 1. The summed E-state index contributed by atoms with van der Waals surface area (Å²) in [5.41, 5.74) is 1.85. The van der Waals surface area contributed by atoms with Gasteiger partial charge in [0.1, 0.15) is 0 Å². The van der Waals surface area contributed by atoms with Crippen molar-refractivity contribution in [2.75, 3.05) is 18.4 Å². The van der Waals surface area contributed by atoms with Crippen LogP contribution in [0.2, 0.25) is 0 Å². The zero-order valence-corrected chi connectivity index (χ0v) is 16.5. The number of benzene rings is 1. The van der Waals surface area contributed by atoms with E-state index in [4.69, 9.17) is 5.11 Å². The van der Waals surface area contributed by atoms with E-state index >= 15 is 0 Å². The predicted molar refractivity (Wildman–Crippen MR) is 111 cm³/mol. The highest BCUT2D eigenvalue weighted by atomic mass is 32.1. The first-order chi connectivity index (χ1) is 13.6. The van der Waals surface area contributed by atoms with Crippen LogP contribution < -0.4 is 10.6 Å². The summed E-state index contributed by atoms with van der Waals surface area (Å²) in [6, 6.07) is 12.0. The number of urea groups is 1. The van der Waals surface area contributed by atoms with Crippen molar-refractivity contribution in [3.63, 3.8) is 0 Å². The van der Waals surface area contributed by atoms with Crippen molar-refractivity contribution in [3.8, 4) is 10.4 Å². The largest absolute Gasteiger partial charge is 0.480 e. The molecule has 7 heteroatoms. The molecule has 2 aliphatic carbocycles. The van der Waals surface area contributed by atoms with Gasteiger partial charge in [0.2, 0.25) is 0 Å². The molecular formula is C21H25N3O3S. The Morgan fingerprint density at radius 3 is 2.68 bits per heavy atom. The van der Waals surface area contributed by atoms with Crippen LogP contribution in [-0.4, -0.2) is 47.2 Å². The standard InChI is InChI=1S/C21H25N3O3S/c25-20(26)13-24(12-14-6-7-14)18-10-17(11-18)23-21(27)22-16-4-1-3-15(9-16)19-5-2-8-28-19/h1-5,8-9,14,17-18H,6-7,10-13H2,(H,25,26)(H2,22,23,27). The molecule has 0 unspecified atom stereocenters. The van der Waals surface area contributed by atoms with Crippen LogP contribution in [0.25, 0.3) is 10.4 Å². The monoisotopic (exact) mass is 399 g/mol. The number of carbonyl (C=O) groups excluding carboxylic acids is 1. The van der Waals surface area contributed by atoms with Gasteiger partial charge in [0.05, 0.1) is 6.54 Å². The van der Waals surface area contributed by atoms with Gasteiger partial charge >= 0.3 is 12.0 Å². The second-order valence-electron chi connectivity index (χ2n) is 7.75. The second-order valence-corrected chi connectivity index (χ2v) is 8.69. The fraction of sp³-hybridized carbons (Fsp3) is 0.429. The van der Waals surface area contributed by atoms with Crippen LogP contribution >= 0.6 is 11.3 Å². The smallest absolute Gasteiger partial charge is 0.319 e. The molecule has 4 rings (SSSR count). The molecule has 2 aliphatic rings. The molecule has 0 radical (unpaired) electrons. The summed E-state index contributed by atoms with van der Waals surface area (Å²) >= 11 is 1.67. The Bertz CT molecular complexity index is 829. The molecule has 2 amide bonds. The first-order valence-corrected chi connectivity index (χ1v) is 10.6. The lowest BCUT2D eigenvalue weighted by atomic mass is 9.85. The third-order valence-corrected chi connectivity index (χ3v) is 6.34. The molecule has 1 heterocycles. The maximum absolute atomic E-state index is 12.3. The predicted octanol–water partition coefficient (Wildman–Crippen LogP) is 3.86. The van der Waals surface area contributed by atoms with Crippen LogP contribution in [0.4, 0.5) is 10.5 Å². The minimum Gasteiger partial charge on any atom is -0.480 e. The maximum atomic E-state index is 12.3. The molecule has 2 fully saturated rings. The fourth-order valence-electron chi connectivity index (χ4n) is 3.70. The minimum atomic E-state index is -0.777. The Balaban J connectivity index is 1.26. The van der Waals surface area contributed by atoms with Crippen molar-refractivity contribution in [2.45, 2.75) is 37.8 Å². The van der Waals surface area contributed by atoms with E-state index in [0.717, 1.165) is 30.6 Å². The molecule has 28 heavy (non-hydrogen) atoms. The lowest BCUT2D eigenvalue weighted by molar-refractivity contribution is -0.139. The molecule has 148 valence electrons. The lowest BCUT2D eigenvalue weighted by Crippen LogP contribution is -2.55. The number of hydrogen-bond acceptors (Lipinski definition) is 4. The summed E-state index contributed by atoms with van der Waals surface area (Å²) in [6.45, 7) is 0.959. The number of thiophene rings is 1. The number of hydrogen-bond donors (Lipinski definition) is 3. The number of nitrogens with one attached hydrogen (secondary N) is 2. The van der Waals surface area contributed by atoms with Crippen molar-refractivity contribution in [1.82, 2.24) is 10.2 Å². The average molecular weight is 400 g/mol. The molecule has 0 saturated heterocycles. The van der Waals surface area contributed by atoms with E-state index in [-0.39, 0.29) is 24.7 Å². The Morgan fingerprint density at radius 2 is 2.00 bits per heavy atom. The van der Waals surface area contributed by atoms with Crippen molar-refractivity contribution in [2.24, 2.45) is 5.92 Å². The molecule has 1 aromatic heterocycles. The van der Waals surface area contributed by atoms with Crippen LogP contribution in [0, 0.1) is 5.92 Å². The fourth-order valence-corrected chi connectivity index (χ4v) is 4.42. The van der Waals surface area contributed by atoms with Crippen LogP contribution in [-0.2, 0) is 4.79 Å². The Morgan fingerprint density at radius 1 is 1.18 bits per heavy atom. The second kappa shape index (κ2) is 8.32. The van der Waals surface area contributed by atoms with Crippen molar-refractivity contribution >= 4 is 29.0 Å². The van der Waals surface area contributed by atoms with Gasteiger partial charge in [-0.2, -0.15) is 0 Å². The molecule has 1 aromatic carbocycles. The maximum Gasteiger partial charge on any atom is 0.319 e. The highest BCUT2D eigenvalue weighted by Gasteiger charge is 2.37. The molecule has 6 nitrogen and oxygen atoms in total. The molecule has 0 bridgehead atoms. The van der Waals surface area contributed by atoms with Crippen molar-refractivity contribution in [1.29, 1.82) is 0 Å². The number of carboxylic acid groups (broad SMARTS) is 1. The summed E-state index contributed by atoms with van der Waals surface area (Å²) in [7, 11) is 0. The Labute approximate surface area is 168 Å². The number of rotatable bonds is 8. The van der Waals surface area contributed by atoms with Gasteiger partial charge in [0, 0.05) is 29.2 Å². The summed E-state index contributed by atoms with van der Waals surface area (Å²) in [6.07, 6.45) is 4.03. The van der Waals surface area contributed by atoms with Gasteiger partial charge < -0.3 is 15.7 Å². The van der Waals surface area contributed by atoms with Gasteiger partial charge in [-0.1, -0.05) is 18.2 Å². The first kappa shape index (κ1) is 19.0. The van der Waals surface area contributed by atoms with Gasteiger partial charge in [-0.15, -0.1) is 11.3 Å². The van der Waals surface area contributed by atoms with Crippen LogP contribution in [0.5, 0.6) is 0 Å². The highest BCUT2D eigenvalue weighted by molar-refractivity contribution is 7.13. The van der Waals surface area contributed by atoms with Crippen molar-refractivity contribution in [3.05, 3.63) is 41.8 Å². The van der Waals surface area contributed by atoms with Gasteiger partial charge in [0.15, 0.2) is 0 Å². The SMILES string of the molecule is O=C(O)CN(CC1CC1)C1CC(NC(=O)Nc2cccc(-c3cccs3)c2)C1. The number of anilines is 1. The number of amides is 2. The van der Waals surface area contributed by atoms with Crippen LogP contribution in [0.15, 0.2) is 41.8 Å². The normalized spacial score (nSPS) is 21.2. The van der Waals surface area contributed by atoms with Crippen LogP contribution in [0.3, 0.4) is 0 Å². The molecule has 0 aliphatic heterocycles. The summed E-state index contributed by atoms with van der Waals surface area (Å²) in [5.74, 6) is -0.120. The molecular weight excluding hydrogens is 374 g/mol. The minimum absolute atomic E-state index is 0.0929. The van der Waals surface area contributed by atoms with Gasteiger partial charge in [-0.25, -0.2) is 4.79 Å².